The Kier molecular flexibility index (Phi) is 3.31. The maximum Gasteiger partial charge on any atom is 0.265 e. The van der Waals surface area contributed by atoms with E-state index in [2.05, 4.69) is 5.43 Å². The highest BCUT2D eigenvalue weighted by molar-refractivity contribution is 5.93. The van der Waals surface area contributed by atoms with E-state index in [9.17, 15) is 9.59 Å². The maximum absolute atomic E-state index is 11.8. The van der Waals surface area contributed by atoms with Gasteiger partial charge in [-0.3, -0.25) is 15.0 Å². The van der Waals surface area contributed by atoms with Crippen LogP contribution in [0.2, 0.25) is 0 Å². The van der Waals surface area contributed by atoms with Crippen LogP contribution in [-0.2, 0) is 4.79 Å². The van der Waals surface area contributed by atoms with E-state index in [-0.39, 0.29) is 11.7 Å². The Hall–Kier alpha value is -1.68. The number of carbonyl (C=O) groups excluding carboxylic acids is 2. The number of rotatable bonds is 2. The zero-order valence-corrected chi connectivity index (χ0v) is 8.98. The molecule has 0 aromatic heterocycles. The van der Waals surface area contributed by atoms with Crippen LogP contribution < -0.4 is 5.43 Å². The summed E-state index contributed by atoms with van der Waals surface area (Å²) in [5.74, 6) is 0.153. The highest BCUT2D eigenvalue weighted by Gasteiger charge is 2.17. The molecule has 84 valence electrons. The average Bonchev–Trinajstić information content (AvgIpc) is 2.33. The fourth-order valence-electron chi connectivity index (χ4n) is 1.67. The second kappa shape index (κ2) is 4.90. The molecule has 0 unspecified atom stereocenters. The zero-order chi connectivity index (χ0) is 11.4. The molecule has 16 heavy (non-hydrogen) atoms. The third-order valence-corrected chi connectivity index (χ3v) is 2.62. The number of benzene rings is 1. The van der Waals surface area contributed by atoms with Gasteiger partial charge in [0.2, 0.25) is 0 Å². The van der Waals surface area contributed by atoms with Crippen molar-refractivity contribution in [2.75, 3.05) is 13.1 Å². The molecule has 1 amide bonds. The number of nitrogens with zero attached hydrogens (tertiary/aromatic N) is 1. The summed E-state index contributed by atoms with van der Waals surface area (Å²) in [6.07, 6.45) is 1.05. The van der Waals surface area contributed by atoms with E-state index in [1.165, 1.54) is 0 Å². The van der Waals surface area contributed by atoms with Gasteiger partial charge in [-0.15, -0.1) is 0 Å². The first kappa shape index (κ1) is 10.8. The van der Waals surface area contributed by atoms with Gasteiger partial charge >= 0.3 is 0 Å². The zero-order valence-electron chi connectivity index (χ0n) is 8.98. The molecule has 1 fully saturated rings. The van der Waals surface area contributed by atoms with Gasteiger partial charge in [-0.2, -0.15) is 0 Å². The smallest absolute Gasteiger partial charge is 0.265 e. The summed E-state index contributed by atoms with van der Waals surface area (Å²) >= 11 is 0. The molecule has 0 saturated carbocycles. The van der Waals surface area contributed by atoms with Gasteiger partial charge in [0, 0.05) is 31.5 Å². The third kappa shape index (κ3) is 2.67. The van der Waals surface area contributed by atoms with Crippen molar-refractivity contribution in [1.29, 1.82) is 0 Å². The molecule has 0 radical (unpaired) electrons. The van der Waals surface area contributed by atoms with E-state index in [0.717, 1.165) is 0 Å². The summed E-state index contributed by atoms with van der Waals surface area (Å²) in [5, 5.41) is 1.80. The fourth-order valence-corrected chi connectivity index (χ4v) is 1.67. The molecule has 1 aliphatic rings. The number of piperidine rings is 1. The lowest BCUT2D eigenvalue weighted by Crippen LogP contribution is -2.46. The molecule has 0 aliphatic carbocycles. The Morgan fingerprint density at radius 2 is 1.75 bits per heavy atom. The van der Waals surface area contributed by atoms with Crippen molar-refractivity contribution in [1.82, 2.24) is 10.4 Å². The number of ketones is 1. The quantitative estimate of drug-likeness (QED) is 0.805. The number of hydrazine groups is 1. The van der Waals surface area contributed by atoms with Gasteiger partial charge < -0.3 is 0 Å². The number of hydrogen-bond acceptors (Lipinski definition) is 3. The van der Waals surface area contributed by atoms with Crippen LogP contribution in [0.25, 0.3) is 0 Å². The molecule has 1 aromatic rings. The molecule has 4 nitrogen and oxygen atoms in total. The van der Waals surface area contributed by atoms with Crippen molar-refractivity contribution < 1.29 is 9.59 Å². The van der Waals surface area contributed by atoms with Crippen LogP contribution in [0.5, 0.6) is 0 Å². The van der Waals surface area contributed by atoms with Crippen LogP contribution in [0.4, 0.5) is 0 Å². The van der Waals surface area contributed by atoms with E-state index in [1.807, 2.05) is 18.2 Å². The predicted octanol–water partition coefficient (Wildman–Crippen LogP) is 0.996. The van der Waals surface area contributed by atoms with Gasteiger partial charge in [0.25, 0.3) is 5.91 Å². The highest BCUT2D eigenvalue weighted by atomic mass is 16.2. The topological polar surface area (TPSA) is 49.4 Å². The highest BCUT2D eigenvalue weighted by Crippen LogP contribution is 2.04. The van der Waals surface area contributed by atoms with Crippen LogP contribution in [0.1, 0.15) is 23.2 Å². The van der Waals surface area contributed by atoms with Crippen molar-refractivity contribution in [2.45, 2.75) is 12.8 Å². The molecule has 1 aromatic carbocycles. The Morgan fingerprint density at radius 1 is 1.12 bits per heavy atom. The number of carbonyl (C=O) groups is 2. The van der Waals surface area contributed by atoms with Crippen LogP contribution in [-0.4, -0.2) is 29.8 Å². The second-order valence-electron chi connectivity index (χ2n) is 3.83. The second-order valence-corrected chi connectivity index (χ2v) is 3.83. The first-order valence-electron chi connectivity index (χ1n) is 5.38. The van der Waals surface area contributed by atoms with Gasteiger partial charge in [-0.05, 0) is 12.1 Å². The molecule has 1 aliphatic heterocycles. The first-order valence-corrected chi connectivity index (χ1v) is 5.38. The number of amides is 1. The van der Waals surface area contributed by atoms with Crippen molar-refractivity contribution in [3.63, 3.8) is 0 Å². The Bertz CT molecular complexity index is 379. The summed E-state index contributed by atoms with van der Waals surface area (Å²) in [4.78, 5) is 22.8. The maximum atomic E-state index is 11.8. The van der Waals surface area contributed by atoms with E-state index in [1.54, 1.807) is 17.1 Å². The SMILES string of the molecule is O=C1CCN(NC(=O)c2ccccc2)CC1. The molecule has 0 bridgehead atoms. The van der Waals surface area contributed by atoms with Gasteiger partial charge in [-0.1, -0.05) is 18.2 Å². The molecular weight excluding hydrogens is 204 g/mol. The molecular formula is C12H14N2O2. The van der Waals surface area contributed by atoms with Crippen LogP contribution in [0, 0.1) is 0 Å². The van der Waals surface area contributed by atoms with Crippen molar-refractivity contribution in [2.24, 2.45) is 0 Å². The summed E-state index contributed by atoms with van der Waals surface area (Å²) in [7, 11) is 0. The Balaban J connectivity index is 1.91. The predicted molar refractivity (Wildman–Crippen MR) is 59.7 cm³/mol. The summed E-state index contributed by atoms with van der Waals surface area (Å²) in [6, 6.07) is 9.06. The van der Waals surface area contributed by atoms with Crippen LogP contribution in [0.15, 0.2) is 30.3 Å². The molecule has 1 N–H and O–H groups in total. The van der Waals surface area contributed by atoms with E-state index in [4.69, 9.17) is 0 Å². The minimum absolute atomic E-state index is 0.116. The lowest BCUT2D eigenvalue weighted by molar-refractivity contribution is -0.121. The van der Waals surface area contributed by atoms with Crippen molar-refractivity contribution in [3.8, 4) is 0 Å². The summed E-state index contributed by atoms with van der Waals surface area (Å²) in [6.45, 7) is 1.22. The molecule has 2 rings (SSSR count). The lowest BCUT2D eigenvalue weighted by atomic mass is 10.1. The minimum atomic E-state index is -0.116. The summed E-state index contributed by atoms with van der Waals surface area (Å²) in [5.41, 5.74) is 3.44. The van der Waals surface area contributed by atoms with Gasteiger partial charge in [0.1, 0.15) is 5.78 Å². The van der Waals surface area contributed by atoms with E-state index >= 15 is 0 Å². The summed E-state index contributed by atoms with van der Waals surface area (Å²) < 4.78 is 0. The van der Waals surface area contributed by atoms with Gasteiger partial charge in [-0.25, -0.2) is 5.01 Å². The largest absolute Gasteiger partial charge is 0.300 e. The molecule has 4 heteroatoms. The number of hydrogen-bond donors (Lipinski definition) is 1. The normalized spacial score (nSPS) is 17.1. The van der Waals surface area contributed by atoms with Crippen molar-refractivity contribution in [3.05, 3.63) is 35.9 Å². The standard InChI is InChI=1S/C12H14N2O2/c15-11-6-8-14(9-7-11)13-12(16)10-4-2-1-3-5-10/h1-5H,6-9H2,(H,13,16). The molecule has 1 saturated heterocycles. The van der Waals surface area contributed by atoms with E-state index < -0.39 is 0 Å². The van der Waals surface area contributed by atoms with Crippen LogP contribution in [0.3, 0.4) is 0 Å². The van der Waals surface area contributed by atoms with Gasteiger partial charge in [0.15, 0.2) is 0 Å². The molecule has 0 atom stereocenters. The number of nitrogens with one attached hydrogen (secondary N) is 1. The van der Waals surface area contributed by atoms with Gasteiger partial charge in [0.05, 0.1) is 0 Å². The van der Waals surface area contributed by atoms with Crippen LogP contribution >= 0.6 is 0 Å². The Morgan fingerprint density at radius 3 is 2.38 bits per heavy atom. The Labute approximate surface area is 94.2 Å². The number of Topliss-reactive ketones (excluding diaryl/α,β-unsaturated/α-hetero) is 1. The minimum Gasteiger partial charge on any atom is -0.300 e. The molecule has 0 spiro atoms. The average molecular weight is 218 g/mol. The lowest BCUT2D eigenvalue weighted by Gasteiger charge is -2.26. The third-order valence-electron chi connectivity index (χ3n) is 2.62. The molecule has 1 heterocycles. The van der Waals surface area contributed by atoms with E-state index in [0.29, 0.717) is 31.5 Å². The first-order chi connectivity index (χ1) is 7.75. The van der Waals surface area contributed by atoms with Crippen molar-refractivity contribution >= 4 is 11.7 Å². The monoisotopic (exact) mass is 218 g/mol. The fraction of sp³-hybridized carbons (Fsp3) is 0.333.